The normalized spacial score (nSPS) is 14.2. The second kappa shape index (κ2) is 5.00. The molecule has 0 aliphatic heterocycles. The van der Waals surface area contributed by atoms with Crippen LogP contribution in [0.3, 0.4) is 0 Å². The molecule has 0 bridgehead atoms. The third-order valence-electron chi connectivity index (χ3n) is 3.49. The van der Waals surface area contributed by atoms with Crippen molar-refractivity contribution in [3.05, 3.63) is 47.7 Å². The average Bonchev–Trinajstić information content (AvgIpc) is 3.15. The van der Waals surface area contributed by atoms with Crippen molar-refractivity contribution in [2.75, 3.05) is 5.73 Å². The van der Waals surface area contributed by atoms with Crippen molar-refractivity contribution in [2.24, 2.45) is 0 Å². The van der Waals surface area contributed by atoms with Gasteiger partial charge in [-0.2, -0.15) is 0 Å². The minimum absolute atomic E-state index is 0.0267. The smallest absolute Gasteiger partial charge is 0.256 e. The van der Waals surface area contributed by atoms with Crippen LogP contribution < -0.4 is 5.73 Å². The maximum atomic E-state index is 12.7. The van der Waals surface area contributed by atoms with E-state index in [0.29, 0.717) is 29.5 Å². The molecule has 2 aromatic heterocycles. The summed E-state index contributed by atoms with van der Waals surface area (Å²) in [6, 6.07) is 5.71. The Labute approximate surface area is 117 Å². The van der Waals surface area contributed by atoms with Crippen LogP contribution in [0.25, 0.3) is 0 Å². The van der Waals surface area contributed by atoms with E-state index in [1.165, 1.54) is 0 Å². The predicted octanol–water partition coefficient (Wildman–Crippen LogP) is 2.37. The number of aromatic nitrogens is 1. The van der Waals surface area contributed by atoms with Gasteiger partial charge in [0.15, 0.2) is 0 Å². The maximum Gasteiger partial charge on any atom is 0.256 e. The van der Waals surface area contributed by atoms with Crippen molar-refractivity contribution in [1.82, 2.24) is 9.88 Å². The molecule has 2 heterocycles. The number of nitrogens with zero attached hydrogens (tertiary/aromatic N) is 2. The highest BCUT2D eigenvalue weighted by Crippen LogP contribution is 2.30. The lowest BCUT2D eigenvalue weighted by molar-refractivity contribution is 0.0716. The van der Waals surface area contributed by atoms with Crippen LogP contribution in [0.15, 0.2) is 35.1 Å². The molecule has 0 saturated heterocycles. The number of carbonyl (C=O) groups excluding carboxylic acids is 1. The zero-order chi connectivity index (χ0) is 14.1. The fraction of sp³-hybridized carbons (Fsp3) is 0.333. The molecule has 1 aliphatic carbocycles. The summed E-state index contributed by atoms with van der Waals surface area (Å²) in [5.41, 5.74) is 7.52. The molecule has 1 aliphatic rings. The first-order valence-corrected chi connectivity index (χ1v) is 6.70. The number of aryl methyl sites for hydroxylation is 1. The summed E-state index contributed by atoms with van der Waals surface area (Å²) >= 11 is 0. The van der Waals surface area contributed by atoms with Crippen LogP contribution in [0, 0.1) is 6.92 Å². The Kier molecular flexibility index (Phi) is 3.18. The van der Waals surface area contributed by atoms with Crippen molar-refractivity contribution >= 4 is 11.6 Å². The van der Waals surface area contributed by atoms with Gasteiger partial charge < -0.3 is 15.1 Å². The minimum Gasteiger partial charge on any atom is -0.467 e. The Morgan fingerprint density at radius 2 is 2.35 bits per heavy atom. The van der Waals surface area contributed by atoms with Crippen LogP contribution in [0.4, 0.5) is 5.69 Å². The summed E-state index contributed by atoms with van der Waals surface area (Å²) in [7, 11) is 0. The van der Waals surface area contributed by atoms with E-state index in [1.54, 1.807) is 18.5 Å². The Hall–Kier alpha value is -2.30. The molecule has 5 heteroatoms. The van der Waals surface area contributed by atoms with E-state index in [1.807, 2.05) is 24.0 Å². The number of amides is 1. The molecule has 0 unspecified atom stereocenters. The Balaban J connectivity index is 1.87. The van der Waals surface area contributed by atoms with Crippen molar-refractivity contribution in [3.8, 4) is 0 Å². The number of hydrogen-bond acceptors (Lipinski definition) is 4. The third kappa shape index (κ3) is 2.52. The highest BCUT2D eigenvalue weighted by Gasteiger charge is 2.34. The molecular formula is C15H17N3O2. The van der Waals surface area contributed by atoms with E-state index in [2.05, 4.69) is 4.98 Å². The molecule has 2 N–H and O–H groups in total. The van der Waals surface area contributed by atoms with Crippen molar-refractivity contribution < 1.29 is 9.21 Å². The topological polar surface area (TPSA) is 72.4 Å². The van der Waals surface area contributed by atoms with E-state index in [9.17, 15) is 4.79 Å². The van der Waals surface area contributed by atoms with Crippen molar-refractivity contribution in [1.29, 1.82) is 0 Å². The molecule has 0 spiro atoms. The van der Waals surface area contributed by atoms with Crippen LogP contribution in [-0.4, -0.2) is 21.8 Å². The molecule has 1 amide bonds. The van der Waals surface area contributed by atoms with Gasteiger partial charge in [0.2, 0.25) is 0 Å². The first-order valence-electron chi connectivity index (χ1n) is 6.70. The quantitative estimate of drug-likeness (QED) is 0.926. The van der Waals surface area contributed by atoms with Crippen LogP contribution in [0.2, 0.25) is 0 Å². The Morgan fingerprint density at radius 3 is 3.00 bits per heavy atom. The summed E-state index contributed by atoms with van der Waals surface area (Å²) in [4.78, 5) is 18.7. The van der Waals surface area contributed by atoms with Gasteiger partial charge in [-0.1, -0.05) is 0 Å². The van der Waals surface area contributed by atoms with Crippen LogP contribution in [0.5, 0.6) is 0 Å². The molecule has 1 fully saturated rings. The Morgan fingerprint density at radius 1 is 1.55 bits per heavy atom. The summed E-state index contributed by atoms with van der Waals surface area (Å²) < 4.78 is 5.35. The number of hydrogen-bond donors (Lipinski definition) is 1. The molecule has 104 valence electrons. The Bertz CT molecular complexity index is 618. The van der Waals surface area contributed by atoms with Gasteiger partial charge in [-0.3, -0.25) is 9.78 Å². The van der Waals surface area contributed by atoms with Crippen molar-refractivity contribution in [3.63, 3.8) is 0 Å². The first kappa shape index (κ1) is 12.7. The highest BCUT2D eigenvalue weighted by molar-refractivity contribution is 5.96. The molecule has 0 radical (unpaired) electrons. The van der Waals surface area contributed by atoms with E-state index >= 15 is 0 Å². The van der Waals surface area contributed by atoms with Crippen molar-refractivity contribution in [2.45, 2.75) is 32.4 Å². The van der Waals surface area contributed by atoms with Crippen LogP contribution in [-0.2, 0) is 6.54 Å². The zero-order valence-corrected chi connectivity index (χ0v) is 11.4. The number of nitrogen functional groups attached to an aromatic ring is 1. The number of pyridine rings is 1. The predicted molar refractivity (Wildman–Crippen MR) is 75.0 cm³/mol. The number of anilines is 1. The number of furan rings is 1. The monoisotopic (exact) mass is 271 g/mol. The third-order valence-corrected chi connectivity index (χ3v) is 3.49. The summed E-state index contributed by atoms with van der Waals surface area (Å²) in [6.07, 6.45) is 5.28. The molecule has 20 heavy (non-hydrogen) atoms. The van der Waals surface area contributed by atoms with Gasteiger partial charge in [0.1, 0.15) is 5.76 Å². The zero-order valence-electron chi connectivity index (χ0n) is 11.4. The second-order valence-corrected chi connectivity index (χ2v) is 5.15. The van der Waals surface area contributed by atoms with Crippen LogP contribution >= 0.6 is 0 Å². The lowest BCUT2D eigenvalue weighted by Crippen LogP contribution is -2.33. The fourth-order valence-electron chi connectivity index (χ4n) is 2.24. The molecule has 2 aromatic rings. The second-order valence-electron chi connectivity index (χ2n) is 5.15. The lowest BCUT2D eigenvalue weighted by Gasteiger charge is -2.22. The maximum absolute atomic E-state index is 12.7. The van der Waals surface area contributed by atoms with Gasteiger partial charge in [-0.25, -0.2) is 0 Å². The molecule has 5 nitrogen and oxygen atoms in total. The van der Waals surface area contributed by atoms with E-state index < -0.39 is 0 Å². The molecule has 0 aromatic carbocycles. The summed E-state index contributed by atoms with van der Waals surface area (Å²) in [6.45, 7) is 2.31. The molecule has 0 atom stereocenters. The van der Waals surface area contributed by atoms with E-state index in [-0.39, 0.29) is 5.91 Å². The SMILES string of the molecule is Cc1ncc(N)cc1C(=O)N(Cc1ccco1)C1CC1. The summed E-state index contributed by atoms with van der Waals surface area (Å²) in [5, 5.41) is 0. The minimum atomic E-state index is -0.0267. The van der Waals surface area contributed by atoms with Gasteiger partial charge in [0.05, 0.1) is 35.9 Å². The molecule has 1 saturated carbocycles. The van der Waals surface area contributed by atoms with Gasteiger partial charge in [-0.15, -0.1) is 0 Å². The summed E-state index contributed by atoms with van der Waals surface area (Å²) in [5.74, 6) is 0.765. The van der Waals surface area contributed by atoms with Gasteiger partial charge in [-0.05, 0) is 38.0 Å². The number of nitrogens with two attached hydrogens (primary N) is 1. The lowest BCUT2D eigenvalue weighted by atomic mass is 10.1. The van der Waals surface area contributed by atoms with Gasteiger partial charge in [0, 0.05) is 6.04 Å². The first-order chi connectivity index (χ1) is 9.65. The number of rotatable bonds is 4. The van der Waals surface area contributed by atoms with E-state index in [4.69, 9.17) is 10.2 Å². The number of carbonyl (C=O) groups is 1. The largest absolute Gasteiger partial charge is 0.467 e. The standard InChI is InChI=1S/C15H17N3O2/c1-10-14(7-11(16)8-17-10)15(19)18(12-4-5-12)9-13-3-2-6-20-13/h2-3,6-8,12H,4-5,9,16H2,1H3. The van der Waals surface area contributed by atoms with Gasteiger partial charge >= 0.3 is 0 Å². The van der Waals surface area contributed by atoms with Gasteiger partial charge in [0.25, 0.3) is 5.91 Å². The molecular weight excluding hydrogens is 254 g/mol. The van der Waals surface area contributed by atoms with Crippen LogP contribution in [0.1, 0.15) is 34.7 Å². The average molecular weight is 271 g/mol. The fourth-order valence-corrected chi connectivity index (χ4v) is 2.24. The highest BCUT2D eigenvalue weighted by atomic mass is 16.3. The van der Waals surface area contributed by atoms with E-state index in [0.717, 1.165) is 18.6 Å². The molecule has 3 rings (SSSR count).